The molecule has 0 aromatic carbocycles. The summed E-state index contributed by atoms with van der Waals surface area (Å²) >= 11 is 5.86. The zero-order chi connectivity index (χ0) is 14.7. The Morgan fingerprint density at radius 3 is 2.90 bits per heavy atom. The molecule has 0 radical (unpaired) electrons. The lowest BCUT2D eigenvalue weighted by Crippen LogP contribution is -2.42. The Balaban J connectivity index is 2.12. The Morgan fingerprint density at radius 2 is 2.25 bits per heavy atom. The van der Waals surface area contributed by atoms with E-state index in [1.807, 2.05) is 6.92 Å². The van der Waals surface area contributed by atoms with Crippen molar-refractivity contribution in [3.63, 3.8) is 0 Å². The number of hydrogen-bond donors (Lipinski definition) is 2. The number of aryl methyl sites for hydroxylation is 1. The monoisotopic (exact) mass is 298 g/mol. The van der Waals surface area contributed by atoms with Crippen LogP contribution >= 0.6 is 11.6 Å². The molecule has 1 aliphatic rings. The van der Waals surface area contributed by atoms with Crippen molar-refractivity contribution < 1.29 is 19.4 Å². The quantitative estimate of drug-likeness (QED) is 0.813. The van der Waals surface area contributed by atoms with Gasteiger partial charge in [-0.25, -0.2) is 4.98 Å². The van der Waals surface area contributed by atoms with Gasteiger partial charge in [0.2, 0.25) is 0 Å². The molecule has 1 aromatic heterocycles. The van der Waals surface area contributed by atoms with Crippen molar-refractivity contribution in [3.8, 4) is 0 Å². The summed E-state index contributed by atoms with van der Waals surface area (Å²) in [6.07, 6.45) is 0.658. The predicted octanol–water partition coefficient (Wildman–Crippen LogP) is 1.13. The van der Waals surface area contributed by atoms with E-state index in [0.29, 0.717) is 17.7 Å². The summed E-state index contributed by atoms with van der Waals surface area (Å²) in [4.78, 5) is 27.2. The van der Waals surface area contributed by atoms with Crippen molar-refractivity contribution in [2.45, 2.75) is 19.4 Å². The van der Waals surface area contributed by atoms with E-state index < -0.39 is 17.9 Å². The molecule has 2 heterocycles. The van der Waals surface area contributed by atoms with Gasteiger partial charge in [-0.2, -0.15) is 0 Å². The van der Waals surface area contributed by atoms with Crippen LogP contribution in [0, 0.1) is 5.92 Å². The smallest absolute Gasteiger partial charge is 0.311 e. The fourth-order valence-corrected chi connectivity index (χ4v) is 2.28. The van der Waals surface area contributed by atoms with E-state index in [1.165, 1.54) is 6.07 Å². The first-order valence-corrected chi connectivity index (χ1v) is 6.67. The zero-order valence-electron chi connectivity index (χ0n) is 10.9. The fraction of sp³-hybridized carbons (Fsp3) is 0.462. The molecule has 1 saturated heterocycles. The van der Waals surface area contributed by atoms with Gasteiger partial charge in [-0.05, 0) is 18.6 Å². The molecule has 7 heteroatoms. The largest absolute Gasteiger partial charge is 0.481 e. The van der Waals surface area contributed by atoms with Crippen molar-refractivity contribution in [2.75, 3.05) is 13.2 Å². The van der Waals surface area contributed by atoms with Crippen LogP contribution in [0.4, 0.5) is 0 Å². The number of hydrogen-bond acceptors (Lipinski definition) is 4. The predicted molar refractivity (Wildman–Crippen MR) is 71.8 cm³/mol. The van der Waals surface area contributed by atoms with E-state index in [2.05, 4.69) is 10.3 Å². The molecule has 1 aliphatic heterocycles. The first-order valence-electron chi connectivity index (χ1n) is 6.29. The van der Waals surface area contributed by atoms with Gasteiger partial charge in [-0.3, -0.25) is 9.59 Å². The highest BCUT2D eigenvalue weighted by atomic mass is 35.5. The van der Waals surface area contributed by atoms with Gasteiger partial charge in [-0.1, -0.05) is 18.5 Å². The first kappa shape index (κ1) is 14.7. The number of rotatable bonds is 4. The minimum absolute atomic E-state index is 0.109. The van der Waals surface area contributed by atoms with Gasteiger partial charge in [0.25, 0.3) is 5.91 Å². The second-order valence-corrected chi connectivity index (χ2v) is 4.97. The van der Waals surface area contributed by atoms with Crippen molar-refractivity contribution in [3.05, 3.63) is 28.5 Å². The lowest BCUT2D eigenvalue weighted by molar-refractivity contribution is -0.142. The number of carboxylic acids is 1. The minimum Gasteiger partial charge on any atom is -0.481 e. The summed E-state index contributed by atoms with van der Waals surface area (Å²) in [7, 11) is 0. The van der Waals surface area contributed by atoms with Crippen LogP contribution in [0.2, 0.25) is 5.15 Å². The third-order valence-electron chi connectivity index (χ3n) is 3.19. The average molecular weight is 299 g/mol. The van der Waals surface area contributed by atoms with Crippen LogP contribution < -0.4 is 5.32 Å². The van der Waals surface area contributed by atoms with Crippen LogP contribution in [-0.4, -0.2) is 41.2 Å². The molecule has 1 aromatic rings. The van der Waals surface area contributed by atoms with E-state index in [0.717, 1.165) is 0 Å². The molecule has 2 unspecified atom stereocenters. The second-order valence-electron chi connectivity index (χ2n) is 4.59. The summed E-state index contributed by atoms with van der Waals surface area (Å²) in [6, 6.07) is 2.58. The third-order valence-corrected chi connectivity index (χ3v) is 3.38. The summed E-state index contributed by atoms with van der Waals surface area (Å²) in [6.45, 7) is 2.21. The van der Waals surface area contributed by atoms with Crippen LogP contribution in [0.5, 0.6) is 0 Å². The van der Waals surface area contributed by atoms with Crippen LogP contribution in [0.25, 0.3) is 0 Å². The topological polar surface area (TPSA) is 88.5 Å². The standard InChI is InChI=1S/C13H15ClN2O4/c1-2-8-3-7(4-11(14)15-8)12(17)16-10-6-20-5-9(10)13(18)19/h3-4,9-10H,2,5-6H2,1H3,(H,16,17)(H,18,19). The molecule has 108 valence electrons. The molecule has 0 spiro atoms. The maximum Gasteiger partial charge on any atom is 0.311 e. The molecule has 2 N–H and O–H groups in total. The number of halogens is 1. The number of nitrogens with zero attached hydrogens (tertiary/aromatic N) is 1. The van der Waals surface area contributed by atoms with Gasteiger partial charge >= 0.3 is 5.97 Å². The number of aliphatic carboxylic acids is 1. The molecule has 2 rings (SSSR count). The normalized spacial score (nSPS) is 21.7. The first-order chi connectivity index (χ1) is 9.51. The highest BCUT2D eigenvalue weighted by molar-refractivity contribution is 6.29. The average Bonchev–Trinajstić information content (AvgIpc) is 2.86. The molecule has 0 saturated carbocycles. The van der Waals surface area contributed by atoms with Crippen LogP contribution in [-0.2, 0) is 16.0 Å². The molecular formula is C13H15ClN2O4. The Hall–Kier alpha value is -1.66. The van der Waals surface area contributed by atoms with E-state index in [1.54, 1.807) is 6.07 Å². The number of carbonyl (C=O) groups excluding carboxylic acids is 1. The van der Waals surface area contributed by atoms with Gasteiger partial charge in [0.05, 0.1) is 19.3 Å². The van der Waals surface area contributed by atoms with Crippen LogP contribution in [0.15, 0.2) is 12.1 Å². The van der Waals surface area contributed by atoms with Gasteiger partial charge in [0, 0.05) is 11.3 Å². The number of carbonyl (C=O) groups is 2. The summed E-state index contributed by atoms with van der Waals surface area (Å²) < 4.78 is 5.10. The highest BCUT2D eigenvalue weighted by Gasteiger charge is 2.35. The zero-order valence-corrected chi connectivity index (χ0v) is 11.7. The Morgan fingerprint density at radius 1 is 1.50 bits per heavy atom. The van der Waals surface area contributed by atoms with Crippen molar-refractivity contribution in [1.29, 1.82) is 0 Å². The van der Waals surface area contributed by atoms with E-state index in [4.69, 9.17) is 21.4 Å². The fourth-order valence-electron chi connectivity index (χ4n) is 2.06. The molecular weight excluding hydrogens is 284 g/mol. The summed E-state index contributed by atoms with van der Waals surface area (Å²) in [5.74, 6) is -2.07. The number of carboxylic acid groups (broad SMARTS) is 1. The van der Waals surface area contributed by atoms with Crippen molar-refractivity contribution >= 4 is 23.5 Å². The van der Waals surface area contributed by atoms with Gasteiger partial charge in [0.1, 0.15) is 11.1 Å². The van der Waals surface area contributed by atoms with E-state index in [-0.39, 0.29) is 24.3 Å². The number of aromatic nitrogens is 1. The van der Waals surface area contributed by atoms with Crippen LogP contribution in [0.1, 0.15) is 23.0 Å². The molecule has 2 atom stereocenters. The lowest BCUT2D eigenvalue weighted by Gasteiger charge is -2.16. The van der Waals surface area contributed by atoms with Gasteiger partial charge in [-0.15, -0.1) is 0 Å². The van der Waals surface area contributed by atoms with Crippen LogP contribution in [0.3, 0.4) is 0 Å². The maximum absolute atomic E-state index is 12.1. The molecule has 20 heavy (non-hydrogen) atoms. The molecule has 6 nitrogen and oxygen atoms in total. The number of amides is 1. The molecule has 1 fully saturated rings. The maximum atomic E-state index is 12.1. The van der Waals surface area contributed by atoms with E-state index in [9.17, 15) is 9.59 Å². The molecule has 0 aliphatic carbocycles. The SMILES string of the molecule is CCc1cc(C(=O)NC2COCC2C(=O)O)cc(Cl)n1. The second kappa shape index (κ2) is 6.19. The van der Waals surface area contributed by atoms with E-state index >= 15 is 0 Å². The lowest BCUT2D eigenvalue weighted by atomic mass is 10.0. The Kier molecular flexibility index (Phi) is 4.57. The Bertz CT molecular complexity index is 535. The summed E-state index contributed by atoms with van der Waals surface area (Å²) in [5.41, 5.74) is 1.08. The highest BCUT2D eigenvalue weighted by Crippen LogP contribution is 2.16. The summed E-state index contributed by atoms with van der Waals surface area (Å²) in [5, 5.41) is 11.9. The van der Waals surface area contributed by atoms with Crippen molar-refractivity contribution in [1.82, 2.24) is 10.3 Å². The molecule has 1 amide bonds. The third kappa shape index (κ3) is 3.26. The minimum atomic E-state index is -0.977. The van der Waals surface area contributed by atoms with Gasteiger partial charge < -0.3 is 15.2 Å². The number of ether oxygens (including phenoxy) is 1. The number of nitrogens with one attached hydrogen (secondary N) is 1. The van der Waals surface area contributed by atoms with Gasteiger partial charge in [0.15, 0.2) is 0 Å². The Labute approximate surface area is 121 Å². The van der Waals surface area contributed by atoms with Crippen molar-refractivity contribution in [2.24, 2.45) is 5.92 Å². The number of pyridine rings is 1. The molecule has 0 bridgehead atoms.